The Morgan fingerprint density at radius 2 is 1.80 bits per heavy atom. The van der Waals surface area contributed by atoms with Crippen LogP contribution in [0.25, 0.3) is 0 Å². The average Bonchev–Trinajstić information content (AvgIpc) is 2.67. The van der Waals surface area contributed by atoms with Gasteiger partial charge in [0.05, 0.1) is 0 Å². The van der Waals surface area contributed by atoms with Gasteiger partial charge in [0.2, 0.25) is 0 Å². The van der Waals surface area contributed by atoms with Gasteiger partial charge >= 0.3 is 0 Å². The van der Waals surface area contributed by atoms with Crippen LogP contribution in [-0.4, -0.2) is 10.7 Å². The van der Waals surface area contributed by atoms with E-state index in [9.17, 15) is 5.11 Å². The minimum atomic E-state index is -0.811. The molecule has 1 aromatic rings. The van der Waals surface area contributed by atoms with Gasteiger partial charge < -0.3 is 9.84 Å². The molecule has 2 nitrogen and oxygen atoms in total. The molecular weight excluding hydrogens is 188 g/mol. The van der Waals surface area contributed by atoms with Gasteiger partial charge in [0.25, 0.3) is 0 Å². The van der Waals surface area contributed by atoms with Crippen LogP contribution in [0.3, 0.4) is 0 Å². The van der Waals surface area contributed by atoms with Gasteiger partial charge in [0.15, 0.2) is 0 Å². The highest BCUT2D eigenvalue weighted by Gasteiger charge is 2.28. The summed E-state index contributed by atoms with van der Waals surface area (Å²) in [7, 11) is 0. The zero-order chi connectivity index (χ0) is 10.6. The van der Waals surface area contributed by atoms with Crippen LogP contribution in [0.1, 0.15) is 25.7 Å². The van der Waals surface area contributed by atoms with E-state index < -0.39 is 5.60 Å². The molecule has 0 atom stereocenters. The van der Waals surface area contributed by atoms with Crippen molar-refractivity contribution in [3.63, 3.8) is 0 Å². The molecule has 2 heteroatoms. The number of benzene rings is 1. The van der Waals surface area contributed by atoms with Crippen LogP contribution in [-0.2, 0) is 0 Å². The molecule has 0 saturated heterocycles. The van der Waals surface area contributed by atoms with Crippen LogP contribution in [0, 0.1) is 12.0 Å². The smallest absolute Gasteiger partial charge is 0.140 e. The summed E-state index contributed by atoms with van der Waals surface area (Å²) in [5.74, 6) is 3.50. The highest BCUT2D eigenvalue weighted by atomic mass is 16.5. The summed E-state index contributed by atoms with van der Waals surface area (Å²) in [6, 6.07) is 9.38. The largest absolute Gasteiger partial charge is 0.407 e. The Hall–Kier alpha value is -1.46. The zero-order valence-corrected chi connectivity index (χ0v) is 8.57. The van der Waals surface area contributed by atoms with Gasteiger partial charge in [0, 0.05) is 0 Å². The summed E-state index contributed by atoms with van der Waals surface area (Å²) in [4.78, 5) is 0. The SMILES string of the molecule is OC1(C#COc2ccccc2)CCCC1. The highest BCUT2D eigenvalue weighted by molar-refractivity contribution is 5.24. The number of hydrogen-bond acceptors (Lipinski definition) is 2. The number of hydrogen-bond donors (Lipinski definition) is 1. The Bertz CT molecular complexity index is 367. The van der Waals surface area contributed by atoms with Gasteiger partial charge in [0.1, 0.15) is 17.5 Å². The van der Waals surface area contributed by atoms with Crippen molar-refractivity contribution in [3.8, 4) is 17.8 Å². The Morgan fingerprint density at radius 1 is 1.13 bits per heavy atom. The molecular formula is C13H14O2. The van der Waals surface area contributed by atoms with Crippen molar-refractivity contribution < 1.29 is 9.84 Å². The van der Waals surface area contributed by atoms with Gasteiger partial charge in [-0.3, -0.25) is 0 Å². The maximum absolute atomic E-state index is 9.92. The first kappa shape index (κ1) is 10.1. The molecule has 1 saturated carbocycles. The molecule has 0 unspecified atom stereocenters. The quantitative estimate of drug-likeness (QED) is 0.708. The minimum Gasteiger partial charge on any atom is -0.407 e. The van der Waals surface area contributed by atoms with Crippen molar-refractivity contribution in [1.82, 2.24) is 0 Å². The van der Waals surface area contributed by atoms with Crippen LogP contribution >= 0.6 is 0 Å². The lowest BCUT2D eigenvalue weighted by Crippen LogP contribution is -2.21. The number of ether oxygens (including phenoxy) is 1. The molecule has 15 heavy (non-hydrogen) atoms. The molecule has 0 aliphatic heterocycles. The van der Waals surface area contributed by atoms with Crippen LogP contribution in [0.15, 0.2) is 30.3 Å². The predicted molar refractivity (Wildman–Crippen MR) is 58.3 cm³/mol. The summed E-state index contributed by atoms with van der Waals surface area (Å²) in [6.45, 7) is 0. The molecule has 0 aromatic heterocycles. The second kappa shape index (κ2) is 4.37. The molecule has 2 rings (SSSR count). The molecule has 0 amide bonds. The summed E-state index contributed by atoms with van der Waals surface area (Å²) < 4.78 is 5.21. The normalized spacial score (nSPS) is 17.9. The van der Waals surface area contributed by atoms with Crippen molar-refractivity contribution in [1.29, 1.82) is 0 Å². The maximum atomic E-state index is 9.92. The van der Waals surface area contributed by atoms with E-state index >= 15 is 0 Å². The lowest BCUT2D eigenvalue weighted by molar-refractivity contribution is 0.109. The fraction of sp³-hybridized carbons (Fsp3) is 0.385. The average molecular weight is 202 g/mol. The Morgan fingerprint density at radius 3 is 2.47 bits per heavy atom. The highest BCUT2D eigenvalue weighted by Crippen LogP contribution is 2.28. The maximum Gasteiger partial charge on any atom is 0.140 e. The monoisotopic (exact) mass is 202 g/mol. The van der Waals surface area contributed by atoms with E-state index in [1.54, 1.807) is 0 Å². The first-order chi connectivity index (χ1) is 7.29. The lowest BCUT2D eigenvalue weighted by atomic mass is 10.0. The van der Waals surface area contributed by atoms with Crippen LogP contribution in [0.4, 0.5) is 0 Å². The third kappa shape index (κ3) is 2.74. The van der Waals surface area contributed by atoms with Gasteiger partial charge in [-0.15, -0.1) is 0 Å². The zero-order valence-electron chi connectivity index (χ0n) is 8.57. The van der Waals surface area contributed by atoms with Crippen LogP contribution < -0.4 is 4.74 Å². The fourth-order valence-corrected chi connectivity index (χ4v) is 1.75. The molecule has 1 N–H and O–H groups in total. The summed E-state index contributed by atoms with van der Waals surface area (Å²) in [5, 5.41) is 9.92. The van der Waals surface area contributed by atoms with Crippen LogP contribution in [0.5, 0.6) is 5.75 Å². The van der Waals surface area contributed by atoms with Gasteiger partial charge in [-0.1, -0.05) is 18.2 Å². The van der Waals surface area contributed by atoms with E-state index in [1.807, 2.05) is 30.3 Å². The molecule has 0 bridgehead atoms. The summed E-state index contributed by atoms with van der Waals surface area (Å²) in [6.07, 6.45) is 6.21. The van der Waals surface area contributed by atoms with Gasteiger partial charge in [-0.05, 0) is 43.7 Å². The molecule has 1 aliphatic rings. The second-order valence-electron chi connectivity index (χ2n) is 3.88. The topological polar surface area (TPSA) is 29.5 Å². The van der Waals surface area contributed by atoms with Crippen molar-refractivity contribution in [2.75, 3.05) is 0 Å². The van der Waals surface area contributed by atoms with E-state index in [1.165, 1.54) is 0 Å². The molecule has 0 radical (unpaired) electrons. The standard InChI is InChI=1S/C13H14O2/c14-13(8-4-5-9-13)10-11-15-12-6-2-1-3-7-12/h1-3,6-7,14H,4-5,8-9H2. The Labute approximate surface area is 89.9 Å². The van der Waals surface area contributed by atoms with Crippen LogP contribution in [0.2, 0.25) is 0 Å². The van der Waals surface area contributed by atoms with Crippen molar-refractivity contribution in [2.45, 2.75) is 31.3 Å². The molecule has 78 valence electrons. The summed E-state index contributed by atoms with van der Waals surface area (Å²) >= 11 is 0. The van der Waals surface area contributed by atoms with E-state index in [0.717, 1.165) is 25.7 Å². The molecule has 1 aliphatic carbocycles. The number of aliphatic hydroxyl groups is 1. The van der Waals surface area contributed by atoms with E-state index in [2.05, 4.69) is 12.0 Å². The first-order valence-corrected chi connectivity index (χ1v) is 5.25. The minimum absolute atomic E-state index is 0.714. The molecule has 0 heterocycles. The Kier molecular flexibility index (Phi) is 2.94. The van der Waals surface area contributed by atoms with E-state index in [0.29, 0.717) is 5.75 Å². The number of para-hydroxylation sites is 1. The predicted octanol–water partition coefficient (Wildman–Crippen LogP) is 2.33. The second-order valence-corrected chi connectivity index (χ2v) is 3.88. The number of rotatable bonds is 1. The van der Waals surface area contributed by atoms with Gasteiger partial charge in [-0.2, -0.15) is 0 Å². The fourth-order valence-electron chi connectivity index (χ4n) is 1.75. The third-order valence-electron chi connectivity index (χ3n) is 2.63. The Balaban J connectivity index is 1.95. The first-order valence-electron chi connectivity index (χ1n) is 5.25. The van der Waals surface area contributed by atoms with Crippen molar-refractivity contribution in [3.05, 3.63) is 30.3 Å². The van der Waals surface area contributed by atoms with E-state index in [-0.39, 0.29) is 0 Å². The lowest BCUT2D eigenvalue weighted by Gasteiger charge is -2.12. The van der Waals surface area contributed by atoms with Crippen molar-refractivity contribution >= 4 is 0 Å². The van der Waals surface area contributed by atoms with Crippen molar-refractivity contribution in [2.24, 2.45) is 0 Å². The molecule has 0 spiro atoms. The summed E-state index contributed by atoms with van der Waals surface area (Å²) in [5.41, 5.74) is -0.811. The molecule has 1 fully saturated rings. The van der Waals surface area contributed by atoms with Gasteiger partial charge in [-0.25, -0.2) is 0 Å². The third-order valence-corrected chi connectivity index (χ3v) is 2.63. The molecule has 1 aromatic carbocycles. The van der Waals surface area contributed by atoms with E-state index in [4.69, 9.17) is 4.74 Å².